The lowest BCUT2D eigenvalue weighted by Crippen LogP contribution is -2.21. The molecule has 0 fully saturated rings. The van der Waals surface area contributed by atoms with Gasteiger partial charge >= 0.3 is 12.5 Å². The zero-order valence-corrected chi connectivity index (χ0v) is 10.6. The number of aromatic nitrogens is 1. The Morgan fingerprint density at radius 1 is 1.25 bits per heavy atom. The maximum absolute atomic E-state index is 12.6. The van der Waals surface area contributed by atoms with E-state index in [0.717, 1.165) is 0 Å². The molecule has 0 aromatic carbocycles. The number of ether oxygens (including phenoxy) is 1. The number of rotatable bonds is 3. The predicted molar refractivity (Wildman–Crippen MR) is 55.7 cm³/mol. The normalized spacial score (nSPS) is 12.4. The average Bonchev–Trinajstić information content (AvgIpc) is 2.24. The largest absolute Gasteiger partial charge is 0.573 e. The van der Waals surface area contributed by atoms with Crippen LogP contribution >= 0.6 is 23.2 Å². The Morgan fingerprint density at radius 2 is 1.80 bits per heavy atom. The van der Waals surface area contributed by atoms with Gasteiger partial charge in [-0.25, -0.2) is 4.98 Å². The minimum absolute atomic E-state index is 0.0200. The van der Waals surface area contributed by atoms with Crippen LogP contribution in [0.15, 0.2) is 6.07 Å². The van der Waals surface area contributed by atoms with Crippen molar-refractivity contribution in [2.24, 2.45) is 0 Å². The number of halogens is 8. The van der Waals surface area contributed by atoms with E-state index in [1.165, 1.54) is 0 Å². The zero-order chi connectivity index (χ0) is 15.7. The molecule has 0 unspecified atom stereocenters. The van der Waals surface area contributed by atoms with Gasteiger partial charge in [0.2, 0.25) is 0 Å². The van der Waals surface area contributed by atoms with Crippen LogP contribution in [-0.2, 0) is 12.1 Å². The summed E-state index contributed by atoms with van der Waals surface area (Å²) >= 11 is 10.2. The van der Waals surface area contributed by atoms with Crippen molar-refractivity contribution in [2.75, 3.05) is 0 Å². The first-order valence-corrected chi connectivity index (χ1v) is 5.49. The lowest BCUT2D eigenvalue weighted by molar-refractivity contribution is -0.275. The van der Waals surface area contributed by atoms with Gasteiger partial charge in [0.15, 0.2) is 11.4 Å². The molecule has 112 valence electrons. The van der Waals surface area contributed by atoms with Gasteiger partial charge in [-0.15, -0.1) is 24.8 Å². The van der Waals surface area contributed by atoms with Crippen molar-refractivity contribution in [3.05, 3.63) is 23.0 Å². The van der Waals surface area contributed by atoms with Crippen molar-refractivity contribution < 1.29 is 35.9 Å². The van der Waals surface area contributed by atoms with Crippen molar-refractivity contribution in [2.45, 2.75) is 18.4 Å². The van der Waals surface area contributed by atoms with Gasteiger partial charge in [0.25, 0.3) is 5.24 Å². The lowest BCUT2D eigenvalue weighted by atomic mass is 10.1. The quantitative estimate of drug-likeness (QED) is 0.471. The van der Waals surface area contributed by atoms with Crippen LogP contribution in [0.2, 0.25) is 0 Å². The van der Waals surface area contributed by atoms with Crippen molar-refractivity contribution in [1.82, 2.24) is 4.98 Å². The zero-order valence-electron chi connectivity index (χ0n) is 9.07. The minimum atomic E-state index is -5.31. The van der Waals surface area contributed by atoms with Gasteiger partial charge in [-0.3, -0.25) is 4.79 Å². The molecule has 0 N–H and O–H groups in total. The Balaban J connectivity index is 3.51. The third kappa shape index (κ3) is 4.14. The number of hydrogen-bond acceptors (Lipinski definition) is 3. The second kappa shape index (κ2) is 5.65. The topological polar surface area (TPSA) is 39.2 Å². The van der Waals surface area contributed by atoms with Crippen LogP contribution in [0.3, 0.4) is 0 Å². The summed E-state index contributed by atoms with van der Waals surface area (Å²) in [5.41, 5.74) is -3.49. The molecule has 0 aliphatic rings. The summed E-state index contributed by atoms with van der Waals surface area (Å²) < 4.78 is 77.5. The van der Waals surface area contributed by atoms with Crippen molar-refractivity contribution >= 4 is 28.4 Å². The third-order valence-corrected chi connectivity index (χ3v) is 2.34. The molecular formula is C9H3Cl2F6NO2. The summed E-state index contributed by atoms with van der Waals surface area (Å²) in [6, 6.07) is -0.0200. The highest BCUT2D eigenvalue weighted by molar-refractivity contribution is 6.67. The first-order chi connectivity index (χ1) is 8.95. The van der Waals surface area contributed by atoms with E-state index in [2.05, 4.69) is 9.72 Å². The van der Waals surface area contributed by atoms with Crippen LogP contribution in [-0.4, -0.2) is 16.6 Å². The number of hydrogen-bond donors (Lipinski definition) is 0. The van der Waals surface area contributed by atoms with E-state index in [9.17, 15) is 31.1 Å². The highest BCUT2D eigenvalue weighted by Gasteiger charge is 2.39. The molecule has 0 aliphatic heterocycles. The number of nitrogens with zero attached hydrogens (tertiary/aromatic N) is 1. The Morgan fingerprint density at radius 3 is 2.15 bits per heavy atom. The van der Waals surface area contributed by atoms with Gasteiger partial charge in [-0.1, -0.05) is 0 Å². The second-order valence-corrected chi connectivity index (χ2v) is 3.89. The van der Waals surface area contributed by atoms with E-state index >= 15 is 0 Å². The third-order valence-electron chi connectivity index (χ3n) is 1.91. The summed E-state index contributed by atoms with van der Waals surface area (Å²) in [5.74, 6) is -2.23. The first kappa shape index (κ1) is 16.8. The predicted octanol–water partition coefficient (Wildman–Crippen LogP) is 4.12. The van der Waals surface area contributed by atoms with E-state index < -0.39 is 46.4 Å². The van der Waals surface area contributed by atoms with Crippen LogP contribution in [0, 0.1) is 0 Å². The SMILES string of the molecule is O=C(Cl)c1nc(CCl)c(C(F)(F)F)cc1OC(F)(F)F. The smallest absolute Gasteiger partial charge is 0.403 e. The molecule has 0 amide bonds. The van der Waals surface area contributed by atoms with Gasteiger partial charge in [-0.2, -0.15) is 13.2 Å². The summed E-state index contributed by atoms with van der Waals surface area (Å²) in [5, 5.41) is -1.51. The van der Waals surface area contributed by atoms with Crippen LogP contribution in [0.1, 0.15) is 21.7 Å². The van der Waals surface area contributed by atoms with E-state index in [-0.39, 0.29) is 6.07 Å². The fourth-order valence-electron chi connectivity index (χ4n) is 1.22. The summed E-state index contributed by atoms with van der Waals surface area (Å²) in [4.78, 5) is 14.0. The van der Waals surface area contributed by atoms with Crippen LogP contribution < -0.4 is 4.74 Å². The monoisotopic (exact) mass is 341 g/mol. The Kier molecular flexibility index (Phi) is 4.75. The van der Waals surface area contributed by atoms with Gasteiger partial charge in [-0.05, 0) is 17.7 Å². The van der Waals surface area contributed by atoms with Crippen molar-refractivity contribution in [1.29, 1.82) is 0 Å². The lowest BCUT2D eigenvalue weighted by Gasteiger charge is -2.16. The molecule has 1 aromatic rings. The van der Waals surface area contributed by atoms with E-state index in [1.54, 1.807) is 0 Å². The van der Waals surface area contributed by atoms with Gasteiger partial charge in [0.1, 0.15) is 0 Å². The molecule has 0 spiro atoms. The van der Waals surface area contributed by atoms with Crippen LogP contribution in [0.4, 0.5) is 26.3 Å². The number of pyridine rings is 1. The van der Waals surface area contributed by atoms with Crippen molar-refractivity contribution in [3.63, 3.8) is 0 Å². The van der Waals surface area contributed by atoms with Crippen molar-refractivity contribution in [3.8, 4) is 5.75 Å². The standard InChI is InChI=1S/C9H3Cl2F6NO2/c10-2-4-3(8(12,13)14)1-5(20-9(15,16)17)6(18-4)7(11)19/h1H,2H2. The van der Waals surface area contributed by atoms with Gasteiger partial charge in [0.05, 0.1) is 17.1 Å². The number of carbonyl (C=O) groups excluding carboxylic acids is 1. The summed E-state index contributed by atoms with van der Waals surface area (Å²) in [7, 11) is 0. The molecule has 1 rings (SSSR count). The Labute approximate surface area is 117 Å². The molecule has 0 bridgehead atoms. The number of alkyl halides is 7. The first-order valence-electron chi connectivity index (χ1n) is 4.58. The summed E-state index contributed by atoms with van der Waals surface area (Å²) in [6.07, 6.45) is -10.3. The molecule has 20 heavy (non-hydrogen) atoms. The Hall–Kier alpha value is -1.22. The average molecular weight is 342 g/mol. The Bertz CT molecular complexity index is 528. The fourth-order valence-corrected chi connectivity index (χ4v) is 1.56. The highest BCUT2D eigenvalue weighted by Crippen LogP contribution is 2.37. The molecule has 0 atom stereocenters. The number of carbonyl (C=O) groups is 1. The molecule has 0 saturated carbocycles. The maximum atomic E-state index is 12.6. The summed E-state index contributed by atoms with van der Waals surface area (Å²) in [6.45, 7) is 0. The molecule has 1 heterocycles. The van der Waals surface area contributed by atoms with E-state index in [0.29, 0.717) is 0 Å². The van der Waals surface area contributed by atoms with Crippen LogP contribution in [0.25, 0.3) is 0 Å². The molecule has 3 nitrogen and oxygen atoms in total. The van der Waals surface area contributed by atoms with E-state index in [1.807, 2.05) is 0 Å². The molecule has 11 heteroatoms. The molecule has 0 radical (unpaired) electrons. The molecule has 0 aliphatic carbocycles. The molecular weight excluding hydrogens is 339 g/mol. The second-order valence-electron chi connectivity index (χ2n) is 3.28. The van der Waals surface area contributed by atoms with Gasteiger partial charge in [0, 0.05) is 0 Å². The molecule has 1 aromatic heterocycles. The fraction of sp³-hybridized carbons (Fsp3) is 0.333. The minimum Gasteiger partial charge on any atom is -0.403 e. The van der Waals surface area contributed by atoms with Crippen LogP contribution in [0.5, 0.6) is 5.75 Å². The van der Waals surface area contributed by atoms with E-state index in [4.69, 9.17) is 23.2 Å². The highest BCUT2D eigenvalue weighted by atomic mass is 35.5. The molecule has 0 saturated heterocycles. The maximum Gasteiger partial charge on any atom is 0.573 e. The van der Waals surface area contributed by atoms with Gasteiger partial charge < -0.3 is 4.74 Å².